The van der Waals surface area contributed by atoms with Gasteiger partial charge in [-0.3, -0.25) is 9.59 Å². The third kappa shape index (κ3) is 19.0. The average Bonchev–Trinajstić information content (AvgIpc) is 3.08. The molecule has 0 aromatic heterocycles. The number of aliphatic hydroxyl groups excluding tert-OH is 2. The molecule has 50 heavy (non-hydrogen) atoms. The molecule has 0 spiro atoms. The van der Waals surface area contributed by atoms with Crippen LogP contribution in [-0.4, -0.2) is 98.9 Å². The van der Waals surface area contributed by atoms with Crippen molar-refractivity contribution in [2.45, 2.75) is 79.1 Å². The second-order valence-electron chi connectivity index (χ2n) is 12.7. The first-order valence-corrected chi connectivity index (χ1v) is 16.3. The van der Waals surface area contributed by atoms with Gasteiger partial charge >= 0.3 is 35.8 Å². The van der Waals surface area contributed by atoms with Crippen LogP contribution >= 0.6 is 0 Å². The molecule has 0 saturated carbocycles. The van der Waals surface area contributed by atoms with Gasteiger partial charge < -0.3 is 38.6 Å². The van der Waals surface area contributed by atoms with Crippen LogP contribution in [0.15, 0.2) is 48.6 Å². The summed E-state index contributed by atoms with van der Waals surface area (Å²) in [5, 5.41) is 20.1. The first-order chi connectivity index (χ1) is 23.4. The standard InChI is InChI=1S/C36H54O14/c1-25(2)31(41)47-21-35(17-37,22-48-32(42)26(3)4)19-45-29(39)15-13-11-9-10-12-14-16-30(40)46-20-36(18-38,23-49-33(43)27(5)6)24-50-34(44)28(7)8/h37-38H,1,3,5,7,9-24H2,2,4,6,8H3. The van der Waals surface area contributed by atoms with Crippen molar-refractivity contribution < 1.29 is 67.4 Å². The number of rotatable bonds is 27. The zero-order valence-corrected chi connectivity index (χ0v) is 29.9. The molecule has 0 fully saturated rings. The molecule has 0 aromatic rings. The molecule has 0 radical (unpaired) electrons. The van der Waals surface area contributed by atoms with Gasteiger partial charge in [-0.15, -0.1) is 0 Å². The maximum absolute atomic E-state index is 12.4. The van der Waals surface area contributed by atoms with Gasteiger partial charge in [0.15, 0.2) is 0 Å². The highest BCUT2D eigenvalue weighted by Crippen LogP contribution is 2.23. The van der Waals surface area contributed by atoms with Crippen LogP contribution in [0.3, 0.4) is 0 Å². The van der Waals surface area contributed by atoms with E-state index < -0.39 is 59.9 Å². The van der Waals surface area contributed by atoms with E-state index in [9.17, 15) is 39.0 Å². The van der Waals surface area contributed by atoms with Gasteiger partial charge in [-0.25, -0.2) is 19.2 Å². The summed E-state index contributed by atoms with van der Waals surface area (Å²) in [5.74, 6) is -3.91. The molecule has 0 rings (SSSR count). The molecule has 0 saturated heterocycles. The zero-order chi connectivity index (χ0) is 38.3. The smallest absolute Gasteiger partial charge is 0.333 e. The number of aliphatic hydroxyl groups is 2. The van der Waals surface area contributed by atoms with E-state index in [1.807, 2.05) is 0 Å². The van der Waals surface area contributed by atoms with Crippen LogP contribution in [0.2, 0.25) is 0 Å². The van der Waals surface area contributed by atoms with E-state index in [1.54, 1.807) is 0 Å². The van der Waals surface area contributed by atoms with E-state index in [2.05, 4.69) is 26.3 Å². The summed E-state index contributed by atoms with van der Waals surface area (Å²) in [6, 6.07) is 0. The van der Waals surface area contributed by atoms with Crippen molar-refractivity contribution in [2.75, 3.05) is 52.9 Å². The lowest BCUT2D eigenvalue weighted by Crippen LogP contribution is -2.42. The molecule has 0 aliphatic rings. The van der Waals surface area contributed by atoms with E-state index in [-0.39, 0.29) is 74.8 Å². The molecule has 14 heteroatoms. The van der Waals surface area contributed by atoms with E-state index in [0.29, 0.717) is 25.7 Å². The van der Waals surface area contributed by atoms with Crippen molar-refractivity contribution in [3.8, 4) is 0 Å². The van der Waals surface area contributed by atoms with Gasteiger partial charge in [-0.2, -0.15) is 0 Å². The Balaban J connectivity index is 4.67. The molecule has 0 aliphatic carbocycles. The Kier molecular flexibility index (Phi) is 21.9. The molecule has 0 bridgehead atoms. The minimum absolute atomic E-state index is 0.0981. The number of carbonyl (C=O) groups excluding carboxylic acids is 6. The fourth-order valence-electron chi connectivity index (χ4n) is 3.75. The van der Waals surface area contributed by atoms with Gasteiger partial charge in [-0.05, 0) is 40.5 Å². The number of unbranched alkanes of at least 4 members (excludes halogenated alkanes) is 5. The summed E-state index contributed by atoms with van der Waals surface area (Å²) in [6.07, 6.45) is 4.24. The highest BCUT2D eigenvalue weighted by Gasteiger charge is 2.37. The molecule has 0 unspecified atom stereocenters. The van der Waals surface area contributed by atoms with E-state index in [0.717, 1.165) is 12.8 Å². The summed E-state index contributed by atoms with van der Waals surface area (Å²) < 4.78 is 31.3. The predicted molar refractivity (Wildman–Crippen MR) is 181 cm³/mol. The van der Waals surface area contributed by atoms with Crippen molar-refractivity contribution in [1.82, 2.24) is 0 Å². The molecule has 2 N–H and O–H groups in total. The van der Waals surface area contributed by atoms with Gasteiger partial charge in [0.05, 0.1) is 24.0 Å². The Morgan fingerprint density at radius 1 is 0.420 bits per heavy atom. The fourth-order valence-corrected chi connectivity index (χ4v) is 3.75. The number of ether oxygens (including phenoxy) is 6. The normalized spacial score (nSPS) is 11.1. The number of carbonyl (C=O) groups is 6. The number of hydrogen-bond acceptors (Lipinski definition) is 14. The average molecular weight is 711 g/mol. The lowest BCUT2D eigenvalue weighted by atomic mass is 9.92. The monoisotopic (exact) mass is 710 g/mol. The lowest BCUT2D eigenvalue weighted by Gasteiger charge is -2.30. The summed E-state index contributed by atoms with van der Waals surface area (Å²) >= 11 is 0. The van der Waals surface area contributed by atoms with Crippen molar-refractivity contribution in [3.63, 3.8) is 0 Å². The maximum atomic E-state index is 12.4. The van der Waals surface area contributed by atoms with Gasteiger partial charge in [0.25, 0.3) is 0 Å². The Bertz CT molecular complexity index is 1080. The van der Waals surface area contributed by atoms with Crippen LogP contribution in [0, 0.1) is 10.8 Å². The molecule has 282 valence electrons. The Morgan fingerprint density at radius 2 is 0.640 bits per heavy atom. The Morgan fingerprint density at radius 3 is 0.860 bits per heavy atom. The zero-order valence-electron chi connectivity index (χ0n) is 29.9. The summed E-state index contributed by atoms with van der Waals surface area (Å²) in [4.78, 5) is 72.4. The largest absolute Gasteiger partial charge is 0.465 e. The minimum Gasteiger partial charge on any atom is -0.465 e. The summed E-state index contributed by atoms with van der Waals surface area (Å²) in [5.41, 5.74) is -2.22. The lowest BCUT2D eigenvalue weighted by molar-refractivity contribution is -0.164. The minimum atomic E-state index is -1.37. The van der Waals surface area contributed by atoms with Crippen LogP contribution in [0.4, 0.5) is 0 Å². The fraction of sp³-hybridized carbons (Fsp3) is 0.611. The van der Waals surface area contributed by atoms with Crippen LogP contribution in [0.5, 0.6) is 0 Å². The molecule has 0 heterocycles. The van der Waals surface area contributed by atoms with Gasteiger partial charge in [0.2, 0.25) is 0 Å². The Hall–Kier alpha value is -4.30. The predicted octanol–water partition coefficient (Wildman–Crippen LogP) is 3.63. The van der Waals surface area contributed by atoms with Crippen molar-refractivity contribution >= 4 is 35.8 Å². The molecule has 0 aliphatic heterocycles. The highest BCUT2D eigenvalue weighted by molar-refractivity contribution is 5.88. The molecular weight excluding hydrogens is 656 g/mol. The van der Waals surface area contributed by atoms with Crippen molar-refractivity contribution in [1.29, 1.82) is 0 Å². The van der Waals surface area contributed by atoms with E-state index in [4.69, 9.17) is 28.4 Å². The third-order valence-electron chi connectivity index (χ3n) is 7.19. The second kappa shape index (κ2) is 24.0. The Labute approximate surface area is 294 Å². The first kappa shape index (κ1) is 45.7. The van der Waals surface area contributed by atoms with Gasteiger partial charge in [0.1, 0.15) is 39.6 Å². The summed E-state index contributed by atoms with van der Waals surface area (Å²) in [7, 11) is 0. The molecule has 0 amide bonds. The van der Waals surface area contributed by atoms with Crippen LogP contribution in [-0.2, 0) is 57.2 Å². The first-order valence-electron chi connectivity index (χ1n) is 16.3. The molecule has 0 aromatic carbocycles. The van der Waals surface area contributed by atoms with Crippen molar-refractivity contribution in [2.24, 2.45) is 10.8 Å². The quantitative estimate of drug-likeness (QED) is 0.0542. The topological polar surface area (TPSA) is 198 Å². The van der Waals surface area contributed by atoms with Crippen molar-refractivity contribution in [3.05, 3.63) is 48.6 Å². The van der Waals surface area contributed by atoms with E-state index >= 15 is 0 Å². The third-order valence-corrected chi connectivity index (χ3v) is 7.19. The SMILES string of the molecule is C=C(C)C(=O)OCC(CO)(COC(=O)CCCCCCCCC(=O)OCC(CO)(COC(=O)C(=C)C)COC(=O)C(=C)C)COC(=O)C(=C)C. The molecule has 0 atom stereocenters. The number of esters is 6. The molecular formula is C36H54O14. The maximum Gasteiger partial charge on any atom is 0.333 e. The van der Waals surface area contributed by atoms with E-state index in [1.165, 1.54) is 27.7 Å². The van der Waals surface area contributed by atoms with Crippen LogP contribution in [0.1, 0.15) is 79.1 Å². The van der Waals surface area contributed by atoms with Crippen LogP contribution in [0.25, 0.3) is 0 Å². The summed E-state index contributed by atoms with van der Waals surface area (Å²) in [6.45, 7) is 16.4. The van der Waals surface area contributed by atoms with Gasteiger partial charge in [-0.1, -0.05) is 52.0 Å². The second-order valence-corrected chi connectivity index (χ2v) is 12.7. The highest BCUT2D eigenvalue weighted by atomic mass is 16.6. The van der Waals surface area contributed by atoms with Gasteiger partial charge in [0, 0.05) is 35.1 Å². The molecule has 14 nitrogen and oxygen atoms in total. The van der Waals surface area contributed by atoms with Crippen LogP contribution < -0.4 is 0 Å². The number of hydrogen-bond donors (Lipinski definition) is 2.